The molecule has 0 aromatic heterocycles. The van der Waals surface area contributed by atoms with Gasteiger partial charge in [0.15, 0.2) is 0 Å². The Morgan fingerprint density at radius 3 is 2.05 bits per heavy atom. The van der Waals surface area contributed by atoms with Gasteiger partial charge in [0, 0.05) is 12.6 Å². The summed E-state index contributed by atoms with van der Waals surface area (Å²) >= 11 is 0. The molecule has 2 amide bonds. The van der Waals surface area contributed by atoms with E-state index in [1.807, 2.05) is 71.0 Å². The fraction of sp³-hybridized carbons (Fsp3) is 0.375. The normalized spacial score (nSPS) is 12.8. The lowest BCUT2D eigenvalue weighted by atomic mass is 10.1. The zero-order valence-corrected chi connectivity index (χ0v) is 24.9. The number of hydrogen-bond acceptors (Lipinski definition) is 4. The van der Waals surface area contributed by atoms with Gasteiger partial charge in [-0.2, -0.15) is 0 Å². The molecule has 7 nitrogen and oxygen atoms in total. The van der Waals surface area contributed by atoms with E-state index < -0.39 is 28.5 Å². The highest BCUT2D eigenvalue weighted by molar-refractivity contribution is 7.92. The van der Waals surface area contributed by atoms with E-state index in [1.54, 1.807) is 30.3 Å². The van der Waals surface area contributed by atoms with Gasteiger partial charge in [-0.3, -0.25) is 13.9 Å². The molecule has 0 saturated heterocycles. The van der Waals surface area contributed by atoms with E-state index in [0.29, 0.717) is 12.1 Å². The van der Waals surface area contributed by atoms with E-state index in [-0.39, 0.29) is 23.4 Å². The average molecular weight is 564 g/mol. The van der Waals surface area contributed by atoms with Gasteiger partial charge in [-0.1, -0.05) is 75.4 Å². The van der Waals surface area contributed by atoms with Crippen molar-refractivity contribution in [2.45, 2.75) is 77.4 Å². The third kappa shape index (κ3) is 7.50. The van der Waals surface area contributed by atoms with Gasteiger partial charge >= 0.3 is 0 Å². The van der Waals surface area contributed by atoms with Crippen molar-refractivity contribution in [1.29, 1.82) is 0 Å². The highest BCUT2D eigenvalue weighted by atomic mass is 32.2. The molecular formula is C32H41N3O4S. The Morgan fingerprint density at radius 1 is 0.850 bits per heavy atom. The Hall–Kier alpha value is -3.65. The topological polar surface area (TPSA) is 86.8 Å². The van der Waals surface area contributed by atoms with Crippen LogP contribution < -0.4 is 9.62 Å². The van der Waals surface area contributed by atoms with Crippen molar-refractivity contribution >= 4 is 27.5 Å². The van der Waals surface area contributed by atoms with E-state index in [4.69, 9.17) is 0 Å². The average Bonchev–Trinajstić information content (AvgIpc) is 2.97. The predicted molar refractivity (Wildman–Crippen MR) is 160 cm³/mol. The summed E-state index contributed by atoms with van der Waals surface area (Å²) in [7, 11) is -4.07. The summed E-state index contributed by atoms with van der Waals surface area (Å²) in [6.07, 6.45) is 1.94. The van der Waals surface area contributed by atoms with Gasteiger partial charge in [-0.05, 0) is 74.1 Å². The Bertz CT molecular complexity index is 1370. The van der Waals surface area contributed by atoms with Crippen molar-refractivity contribution in [3.05, 3.63) is 95.6 Å². The fourth-order valence-corrected chi connectivity index (χ4v) is 5.91. The van der Waals surface area contributed by atoms with E-state index in [0.717, 1.165) is 33.8 Å². The second-order valence-corrected chi connectivity index (χ2v) is 11.9. The number of sulfonamides is 1. The smallest absolute Gasteiger partial charge is 0.264 e. The van der Waals surface area contributed by atoms with Gasteiger partial charge in [0.1, 0.15) is 12.6 Å². The van der Waals surface area contributed by atoms with Crippen LogP contribution in [-0.4, -0.2) is 43.8 Å². The number of nitrogens with one attached hydrogen (secondary N) is 1. The maximum atomic E-state index is 14.1. The first-order valence-corrected chi connectivity index (χ1v) is 15.4. The molecule has 0 unspecified atom stereocenters. The van der Waals surface area contributed by atoms with Crippen molar-refractivity contribution < 1.29 is 18.0 Å². The molecule has 1 N–H and O–H groups in total. The Balaban J connectivity index is 2.06. The van der Waals surface area contributed by atoms with E-state index in [9.17, 15) is 18.0 Å². The Labute approximate surface area is 239 Å². The second-order valence-electron chi connectivity index (χ2n) is 10.0. The molecule has 0 fully saturated rings. The number of carbonyl (C=O) groups is 2. The van der Waals surface area contributed by atoms with Crippen LogP contribution in [-0.2, 0) is 32.6 Å². The Kier molecular flexibility index (Phi) is 10.9. The van der Waals surface area contributed by atoms with Crippen LogP contribution in [0.2, 0.25) is 0 Å². The number of aryl methyl sites for hydroxylation is 2. The number of amides is 2. The first-order valence-electron chi connectivity index (χ1n) is 13.9. The van der Waals surface area contributed by atoms with Crippen LogP contribution in [0.15, 0.2) is 83.8 Å². The lowest BCUT2D eigenvalue weighted by Crippen LogP contribution is -2.53. The molecule has 0 radical (unpaired) electrons. The summed E-state index contributed by atoms with van der Waals surface area (Å²) in [6.45, 7) is 9.49. The minimum absolute atomic E-state index is 0.0519. The minimum Gasteiger partial charge on any atom is -0.352 e. The summed E-state index contributed by atoms with van der Waals surface area (Å²) in [5.74, 6) is -0.697. The molecule has 214 valence electrons. The van der Waals surface area contributed by atoms with Gasteiger partial charge < -0.3 is 10.2 Å². The lowest BCUT2D eigenvalue weighted by Gasteiger charge is -2.34. The molecule has 8 heteroatoms. The minimum atomic E-state index is -4.07. The third-order valence-electron chi connectivity index (χ3n) is 7.23. The molecule has 0 aliphatic rings. The third-order valence-corrected chi connectivity index (χ3v) is 9.02. The highest BCUT2D eigenvalue weighted by Gasteiger charge is 2.34. The summed E-state index contributed by atoms with van der Waals surface area (Å²) in [4.78, 5) is 29.1. The van der Waals surface area contributed by atoms with Crippen LogP contribution in [0.4, 0.5) is 5.69 Å². The maximum absolute atomic E-state index is 14.1. The molecule has 0 spiro atoms. The number of benzene rings is 3. The number of nitrogens with zero attached hydrogens (tertiary/aromatic N) is 2. The molecule has 0 aliphatic heterocycles. The monoisotopic (exact) mass is 563 g/mol. The predicted octanol–water partition coefficient (Wildman–Crippen LogP) is 5.47. The van der Waals surface area contributed by atoms with Crippen LogP contribution in [0.25, 0.3) is 0 Å². The molecule has 0 heterocycles. The summed E-state index contributed by atoms with van der Waals surface area (Å²) in [6, 6.07) is 22.2. The quantitative estimate of drug-likeness (QED) is 0.299. The zero-order chi connectivity index (χ0) is 29.3. The van der Waals surface area contributed by atoms with Crippen molar-refractivity contribution in [2.75, 3.05) is 10.8 Å². The van der Waals surface area contributed by atoms with Gasteiger partial charge in [0.25, 0.3) is 10.0 Å². The number of hydrogen-bond donors (Lipinski definition) is 1. The summed E-state index contributed by atoms with van der Waals surface area (Å²) < 4.78 is 28.9. The van der Waals surface area contributed by atoms with Crippen molar-refractivity contribution in [2.24, 2.45) is 0 Å². The van der Waals surface area contributed by atoms with Crippen molar-refractivity contribution in [1.82, 2.24) is 10.2 Å². The van der Waals surface area contributed by atoms with Crippen LogP contribution >= 0.6 is 0 Å². The number of anilines is 1. The molecule has 0 aliphatic carbocycles. The van der Waals surface area contributed by atoms with Gasteiger partial charge in [0.05, 0.1) is 10.6 Å². The standard InChI is InChI=1S/C32H41N3O4S/c1-6-25(5)33-32(37)30(8-3)34(22-27-15-13-12-14-24(27)4)31(36)23-35(28-20-18-26(7-2)19-21-28)40(38,39)29-16-10-9-11-17-29/h9-21,25,30H,6-8,22-23H2,1-5H3,(H,33,37)/t25-,30-/m1/s1. The van der Waals surface area contributed by atoms with Crippen molar-refractivity contribution in [3.8, 4) is 0 Å². The van der Waals surface area contributed by atoms with Crippen molar-refractivity contribution in [3.63, 3.8) is 0 Å². The lowest BCUT2D eigenvalue weighted by molar-refractivity contribution is -0.140. The van der Waals surface area contributed by atoms with E-state index in [1.165, 1.54) is 17.0 Å². The Morgan fingerprint density at radius 2 is 1.48 bits per heavy atom. The van der Waals surface area contributed by atoms with Crippen LogP contribution in [0.5, 0.6) is 0 Å². The van der Waals surface area contributed by atoms with E-state index in [2.05, 4.69) is 5.32 Å². The van der Waals surface area contributed by atoms with E-state index >= 15 is 0 Å². The first kappa shape index (κ1) is 30.9. The SMILES string of the molecule is CCc1ccc(N(CC(=O)N(Cc2ccccc2C)[C@H](CC)C(=O)N[C@H](C)CC)S(=O)(=O)c2ccccc2)cc1. The molecule has 2 atom stereocenters. The van der Waals surface area contributed by atoms with Gasteiger partial charge in [0.2, 0.25) is 11.8 Å². The molecule has 40 heavy (non-hydrogen) atoms. The first-order chi connectivity index (χ1) is 19.1. The van der Waals surface area contributed by atoms with Crippen LogP contribution in [0, 0.1) is 6.92 Å². The summed E-state index contributed by atoms with van der Waals surface area (Å²) in [5, 5.41) is 3.01. The molecular weight excluding hydrogens is 522 g/mol. The van der Waals surface area contributed by atoms with Crippen LogP contribution in [0.3, 0.4) is 0 Å². The summed E-state index contributed by atoms with van der Waals surface area (Å²) in [5.41, 5.74) is 3.33. The van der Waals surface area contributed by atoms with Gasteiger partial charge in [-0.15, -0.1) is 0 Å². The fourth-order valence-electron chi connectivity index (χ4n) is 4.48. The largest absolute Gasteiger partial charge is 0.352 e. The molecule has 3 aromatic rings. The highest BCUT2D eigenvalue weighted by Crippen LogP contribution is 2.25. The molecule has 0 bridgehead atoms. The zero-order valence-electron chi connectivity index (χ0n) is 24.1. The van der Waals surface area contributed by atoms with Gasteiger partial charge in [-0.25, -0.2) is 8.42 Å². The molecule has 3 aromatic carbocycles. The van der Waals surface area contributed by atoms with Crippen LogP contribution in [0.1, 0.15) is 57.2 Å². The number of rotatable bonds is 13. The number of carbonyl (C=O) groups excluding carboxylic acids is 2. The maximum Gasteiger partial charge on any atom is 0.264 e. The molecule has 3 rings (SSSR count). The molecule has 0 saturated carbocycles. The second kappa shape index (κ2) is 14.1.